The lowest BCUT2D eigenvalue weighted by Gasteiger charge is -2.37. The molecule has 3 N–H and O–H groups in total. The monoisotopic (exact) mass is 319 g/mol. The van der Waals surface area contributed by atoms with E-state index in [-0.39, 0.29) is 13.1 Å². The van der Waals surface area contributed by atoms with Crippen LogP contribution < -0.4 is 5.73 Å². The van der Waals surface area contributed by atoms with Crippen LogP contribution in [0.3, 0.4) is 0 Å². The van der Waals surface area contributed by atoms with Crippen LogP contribution in [0.15, 0.2) is 0 Å². The van der Waals surface area contributed by atoms with Gasteiger partial charge in [0.25, 0.3) is 10.2 Å². The highest BCUT2D eigenvalue weighted by Crippen LogP contribution is 2.25. The average Bonchev–Trinajstić information content (AvgIpc) is 2.47. The molecule has 2 unspecified atom stereocenters. The number of primary amides is 1. The number of nitrogens with zero attached hydrogens (tertiary/aromatic N) is 2. The fraction of sp³-hybridized carbons (Fsp3) is 0.833. The fourth-order valence-corrected chi connectivity index (χ4v) is 4.68. The van der Waals surface area contributed by atoms with Crippen molar-refractivity contribution in [3.05, 3.63) is 0 Å². The molecule has 0 spiro atoms. The van der Waals surface area contributed by atoms with E-state index in [2.05, 4.69) is 0 Å². The zero-order valence-electron chi connectivity index (χ0n) is 11.8. The predicted molar refractivity (Wildman–Crippen MR) is 74.3 cm³/mol. The molecule has 2 atom stereocenters. The maximum atomic E-state index is 12.6. The van der Waals surface area contributed by atoms with Gasteiger partial charge in [0, 0.05) is 26.2 Å². The van der Waals surface area contributed by atoms with E-state index in [4.69, 9.17) is 10.8 Å². The smallest absolute Gasteiger partial charge is 0.307 e. The van der Waals surface area contributed by atoms with Crippen LogP contribution in [0.2, 0.25) is 0 Å². The number of aliphatic carboxylic acids is 1. The van der Waals surface area contributed by atoms with E-state index in [9.17, 15) is 18.0 Å². The van der Waals surface area contributed by atoms with E-state index in [1.807, 2.05) is 0 Å². The van der Waals surface area contributed by atoms with Crippen molar-refractivity contribution in [3.63, 3.8) is 0 Å². The third-order valence-electron chi connectivity index (χ3n) is 4.17. The first-order valence-corrected chi connectivity index (χ1v) is 8.49. The van der Waals surface area contributed by atoms with Crippen molar-refractivity contribution in [1.82, 2.24) is 8.61 Å². The normalized spacial score (nSPS) is 29.1. The molecule has 21 heavy (non-hydrogen) atoms. The summed E-state index contributed by atoms with van der Waals surface area (Å²) in [6.45, 7) is 0.755. The van der Waals surface area contributed by atoms with E-state index in [1.165, 1.54) is 8.61 Å². The van der Waals surface area contributed by atoms with Crippen molar-refractivity contribution < 1.29 is 23.1 Å². The first-order chi connectivity index (χ1) is 9.82. The highest BCUT2D eigenvalue weighted by molar-refractivity contribution is 7.86. The number of carboxylic acids is 1. The molecule has 120 valence electrons. The summed E-state index contributed by atoms with van der Waals surface area (Å²) in [4.78, 5) is 22.3. The second-order valence-electron chi connectivity index (χ2n) is 5.64. The van der Waals surface area contributed by atoms with E-state index < -0.39 is 33.9 Å². The molecule has 0 saturated carbocycles. The number of piperidine rings is 2. The molecule has 1 amide bonds. The summed E-state index contributed by atoms with van der Waals surface area (Å²) in [5, 5.41) is 9.05. The summed E-state index contributed by atoms with van der Waals surface area (Å²) in [6, 6.07) is 0. The van der Waals surface area contributed by atoms with Crippen molar-refractivity contribution in [2.75, 3.05) is 26.2 Å². The van der Waals surface area contributed by atoms with Crippen molar-refractivity contribution in [1.29, 1.82) is 0 Å². The highest BCUT2D eigenvalue weighted by Gasteiger charge is 2.38. The Morgan fingerprint density at radius 3 is 1.95 bits per heavy atom. The summed E-state index contributed by atoms with van der Waals surface area (Å²) in [5.74, 6) is -2.58. The van der Waals surface area contributed by atoms with Gasteiger partial charge >= 0.3 is 5.97 Å². The Morgan fingerprint density at radius 1 is 1.00 bits per heavy atom. The fourth-order valence-electron chi connectivity index (χ4n) is 2.90. The topological polar surface area (TPSA) is 121 Å². The first-order valence-electron chi connectivity index (χ1n) is 7.09. The molecule has 0 bridgehead atoms. The molecule has 2 saturated heterocycles. The quantitative estimate of drug-likeness (QED) is 0.704. The van der Waals surface area contributed by atoms with Crippen LogP contribution in [0.4, 0.5) is 0 Å². The van der Waals surface area contributed by atoms with Gasteiger partial charge in [-0.1, -0.05) is 0 Å². The molecule has 2 aliphatic heterocycles. The maximum absolute atomic E-state index is 12.6. The average molecular weight is 319 g/mol. The third kappa shape index (κ3) is 3.53. The van der Waals surface area contributed by atoms with E-state index >= 15 is 0 Å². The van der Waals surface area contributed by atoms with Gasteiger partial charge in [0.2, 0.25) is 5.91 Å². The summed E-state index contributed by atoms with van der Waals surface area (Å²) in [5.41, 5.74) is 5.26. The molecular weight excluding hydrogens is 298 g/mol. The third-order valence-corrected chi connectivity index (χ3v) is 6.14. The van der Waals surface area contributed by atoms with Crippen LogP contribution in [0.5, 0.6) is 0 Å². The first kappa shape index (κ1) is 16.2. The number of carbonyl (C=O) groups is 2. The van der Waals surface area contributed by atoms with Crippen molar-refractivity contribution in [2.24, 2.45) is 17.6 Å². The second-order valence-corrected chi connectivity index (χ2v) is 7.57. The van der Waals surface area contributed by atoms with Crippen LogP contribution in [-0.4, -0.2) is 60.2 Å². The molecule has 8 nitrogen and oxygen atoms in total. The molecule has 2 rings (SSSR count). The number of amides is 1. The lowest BCUT2D eigenvalue weighted by molar-refractivity contribution is -0.142. The van der Waals surface area contributed by atoms with Gasteiger partial charge in [-0.3, -0.25) is 9.59 Å². The summed E-state index contributed by atoms with van der Waals surface area (Å²) in [6.07, 6.45) is 2.21. The minimum Gasteiger partial charge on any atom is -0.481 e. The number of rotatable bonds is 4. The van der Waals surface area contributed by atoms with Crippen molar-refractivity contribution >= 4 is 22.1 Å². The molecular formula is C12H21N3O5S. The minimum atomic E-state index is -3.72. The van der Waals surface area contributed by atoms with Gasteiger partial charge in [-0.25, -0.2) is 0 Å². The van der Waals surface area contributed by atoms with Crippen molar-refractivity contribution in [2.45, 2.75) is 25.7 Å². The molecule has 9 heteroatoms. The molecule has 0 aromatic heterocycles. The van der Waals surface area contributed by atoms with Crippen LogP contribution in [0.25, 0.3) is 0 Å². The number of carbonyl (C=O) groups excluding carboxylic acids is 1. The molecule has 0 radical (unpaired) electrons. The van der Waals surface area contributed by atoms with Crippen LogP contribution in [0.1, 0.15) is 25.7 Å². The summed E-state index contributed by atoms with van der Waals surface area (Å²) in [7, 11) is -3.72. The zero-order valence-corrected chi connectivity index (χ0v) is 12.6. The Hall–Kier alpha value is -1.19. The lowest BCUT2D eigenvalue weighted by Crippen LogP contribution is -2.52. The Morgan fingerprint density at radius 2 is 1.48 bits per heavy atom. The Kier molecular flexibility index (Phi) is 4.84. The van der Waals surface area contributed by atoms with E-state index in [0.29, 0.717) is 38.8 Å². The molecule has 0 aromatic carbocycles. The molecule has 0 aromatic rings. The van der Waals surface area contributed by atoms with E-state index in [0.717, 1.165) is 0 Å². The predicted octanol–water partition coefficient (Wildman–Crippen LogP) is -0.775. The Labute approximate surface area is 124 Å². The maximum Gasteiger partial charge on any atom is 0.307 e. The van der Waals surface area contributed by atoms with E-state index in [1.54, 1.807) is 0 Å². The van der Waals surface area contributed by atoms with Crippen LogP contribution in [0, 0.1) is 11.8 Å². The highest BCUT2D eigenvalue weighted by atomic mass is 32.2. The molecule has 2 aliphatic rings. The minimum absolute atomic E-state index is 0.00456. The zero-order chi connectivity index (χ0) is 15.6. The van der Waals surface area contributed by atoms with Gasteiger partial charge in [-0.2, -0.15) is 17.0 Å². The second kappa shape index (κ2) is 6.29. The van der Waals surface area contributed by atoms with Gasteiger partial charge in [0.1, 0.15) is 0 Å². The SMILES string of the molecule is NC(=O)C1CCCN(S(=O)(=O)N2CCCC(C(=O)O)C2)C1. The van der Waals surface area contributed by atoms with Crippen LogP contribution in [-0.2, 0) is 19.8 Å². The largest absolute Gasteiger partial charge is 0.481 e. The number of carboxylic acid groups (broad SMARTS) is 1. The van der Waals surface area contributed by atoms with Gasteiger partial charge < -0.3 is 10.8 Å². The van der Waals surface area contributed by atoms with Gasteiger partial charge in [0.15, 0.2) is 0 Å². The number of hydrogen-bond donors (Lipinski definition) is 2. The van der Waals surface area contributed by atoms with Gasteiger partial charge in [-0.15, -0.1) is 0 Å². The lowest BCUT2D eigenvalue weighted by atomic mass is 9.99. The van der Waals surface area contributed by atoms with Crippen molar-refractivity contribution in [3.8, 4) is 0 Å². The van der Waals surface area contributed by atoms with Gasteiger partial charge in [-0.05, 0) is 25.7 Å². The summed E-state index contributed by atoms with van der Waals surface area (Å²) >= 11 is 0. The molecule has 2 heterocycles. The standard InChI is InChI=1S/C12H21N3O5S/c13-11(16)9-3-1-5-14(7-9)21(19,20)15-6-2-4-10(8-15)12(17)18/h9-10H,1-8H2,(H2,13,16)(H,17,18). The number of nitrogens with two attached hydrogens (primary N) is 1. The Bertz CT molecular complexity index is 481. The molecule has 2 fully saturated rings. The Balaban J connectivity index is 2.10. The van der Waals surface area contributed by atoms with Crippen LogP contribution >= 0.6 is 0 Å². The number of hydrogen-bond acceptors (Lipinski definition) is 4. The van der Waals surface area contributed by atoms with Gasteiger partial charge in [0.05, 0.1) is 11.8 Å². The molecule has 0 aliphatic carbocycles. The summed E-state index contributed by atoms with van der Waals surface area (Å²) < 4.78 is 27.6.